The summed E-state index contributed by atoms with van der Waals surface area (Å²) in [7, 11) is 0. The number of benzene rings is 2. The zero-order valence-corrected chi connectivity index (χ0v) is 8.33. The first-order chi connectivity index (χ1) is 7.70. The Bertz CT molecular complexity index is 619. The van der Waals surface area contributed by atoms with Crippen LogP contribution in [0.1, 0.15) is 15.9 Å². The van der Waals surface area contributed by atoms with Gasteiger partial charge in [-0.15, -0.1) is 0 Å². The third-order valence-corrected chi connectivity index (χ3v) is 2.86. The van der Waals surface area contributed by atoms with E-state index >= 15 is 0 Å². The van der Waals surface area contributed by atoms with Crippen LogP contribution < -0.4 is 5.73 Å². The van der Waals surface area contributed by atoms with E-state index in [1.54, 1.807) is 18.2 Å². The van der Waals surface area contributed by atoms with Gasteiger partial charge in [0.1, 0.15) is 0 Å². The molecule has 3 heteroatoms. The largest absolute Gasteiger partial charge is 0.396 e. The average molecular weight is 213 g/mol. The fourth-order valence-corrected chi connectivity index (χ4v) is 2.09. The standard InChI is InChI=1S/C13H8FNO/c14-12-10(15)6-5-8-7-3-1-2-4-9(7)13(16)11(8)12/h1-6H,15H2. The number of ketones is 1. The normalized spacial score (nSPS) is 12.4. The number of anilines is 1. The molecular weight excluding hydrogens is 205 g/mol. The number of hydrogen-bond acceptors (Lipinski definition) is 2. The van der Waals surface area contributed by atoms with Crippen LogP contribution in [0.15, 0.2) is 36.4 Å². The van der Waals surface area contributed by atoms with E-state index in [0.717, 1.165) is 5.56 Å². The van der Waals surface area contributed by atoms with Crippen molar-refractivity contribution in [3.05, 3.63) is 53.3 Å². The molecule has 0 atom stereocenters. The van der Waals surface area contributed by atoms with Gasteiger partial charge in [0.05, 0.1) is 11.3 Å². The maximum absolute atomic E-state index is 13.8. The Labute approximate surface area is 91.5 Å². The molecule has 0 amide bonds. The van der Waals surface area contributed by atoms with Gasteiger partial charge in [0.2, 0.25) is 0 Å². The molecule has 0 bridgehead atoms. The summed E-state index contributed by atoms with van der Waals surface area (Å²) in [5.74, 6) is -0.894. The minimum Gasteiger partial charge on any atom is -0.396 e. The van der Waals surface area contributed by atoms with Crippen molar-refractivity contribution >= 4 is 11.5 Å². The molecule has 0 saturated carbocycles. The Morgan fingerprint density at radius 3 is 2.38 bits per heavy atom. The molecule has 0 aliphatic heterocycles. The third-order valence-electron chi connectivity index (χ3n) is 2.86. The lowest BCUT2D eigenvalue weighted by Gasteiger charge is -2.02. The number of nitrogen functional groups attached to an aromatic ring is 1. The van der Waals surface area contributed by atoms with Gasteiger partial charge in [-0.3, -0.25) is 4.79 Å². The molecule has 16 heavy (non-hydrogen) atoms. The van der Waals surface area contributed by atoms with Crippen LogP contribution in [-0.2, 0) is 0 Å². The highest BCUT2D eigenvalue weighted by Gasteiger charge is 2.29. The van der Waals surface area contributed by atoms with Crippen LogP contribution in [0.4, 0.5) is 10.1 Å². The molecule has 1 aliphatic carbocycles. The Hall–Kier alpha value is -2.16. The van der Waals surface area contributed by atoms with E-state index in [2.05, 4.69) is 0 Å². The van der Waals surface area contributed by atoms with Crippen LogP contribution in [0.2, 0.25) is 0 Å². The van der Waals surface area contributed by atoms with E-state index in [0.29, 0.717) is 11.1 Å². The van der Waals surface area contributed by atoms with Crippen LogP contribution in [0.25, 0.3) is 11.1 Å². The van der Waals surface area contributed by atoms with Crippen molar-refractivity contribution in [2.24, 2.45) is 0 Å². The number of hydrogen-bond donors (Lipinski definition) is 1. The van der Waals surface area contributed by atoms with Gasteiger partial charge in [-0.2, -0.15) is 0 Å². The average Bonchev–Trinajstić information content (AvgIpc) is 2.59. The van der Waals surface area contributed by atoms with Gasteiger partial charge < -0.3 is 5.73 Å². The first-order valence-electron chi connectivity index (χ1n) is 4.92. The molecular formula is C13H8FNO. The topological polar surface area (TPSA) is 43.1 Å². The molecule has 0 heterocycles. The zero-order chi connectivity index (χ0) is 11.3. The summed E-state index contributed by atoms with van der Waals surface area (Å²) in [4.78, 5) is 12.0. The lowest BCUT2D eigenvalue weighted by atomic mass is 10.1. The predicted octanol–water partition coefficient (Wildman–Crippen LogP) is 2.62. The van der Waals surface area contributed by atoms with Crippen molar-refractivity contribution in [1.82, 2.24) is 0 Å². The zero-order valence-electron chi connectivity index (χ0n) is 8.33. The Balaban J connectivity index is 2.42. The van der Waals surface area contributed by atoms with E-state index in [1.807, 2.05) is 12.1 Å². The number of nitrogens with two attached hydrogens (primary N) is 1. The first kappa shape index (κ1) is 9.09. The van der Waals surface area contributed by atoms with E-state index in [9.17, 15) is 9.18 Å². The molecule has 0 saturated heterocycles. The monoisotopic (exact) mass is 213 g/mol. The van der Waals surface area contributed by atoms with Crippen molar-refractivity contribution in [1.29, 1.82) is 0 Å². The molecule has 0 unspecified atom stereocenters. The second-order valence-corrected chi connectivity index (χ2v) is 3.77. The molecule has 1 aliphatic rings. The van der Waals surface area contributed by atoms with E-state index in [-0.39, 0.29) is 17.0 Å². The summed E-state index contributed by atoms with van der Waals surface area (Å²) in [6.45, 7) is 0. The van der Waals surface area contributed by atoms with Crippen molar-refractivity contribution in [2.45, 2.75) is 0 Å². The van der Waals surface area contributed by atoms with Gasteiger partial charge >= 0.3 is 0 Å². The SMILES string of the molecule is Nc1ccc2c(c1F)C(=O)c1ccccc1-2. The molecule has 2 nitrogen and oxygen atoms in total. The summed E-state index contributed by atoms with van der Waals surface area (Å²) in [5.41, 5.74) is 7.53. The first-order valence-corrected chi connectivity index (χ1v) is 4.92. The molecule has 2 N–H and O–H groups in total. The van der Waals surface area contributed by atoms with Crippen LogP contribution >= 0.6 is 0 Å². The summed E-state index contributed by atoms with van der Waals surface area (Å²) in [5, 5.41) is 0. The Morgan fingerprint density at radius 1 is 0.938 bits per heavy atom. The minimum absolute atomic E-state index is 0.0138. The van der Waals surface area contributed by atoms with E-state index < -0.39 is 5.82 Å². The van der Waals surface area contributed by atoms with Gasteiger partial charge in [-0.05, 0) is 17.2 Å². The molecule has 2 aromatic carbocycles. The molecule has 0 aromatic heterocycles. The lowest BCUT2D eigenvalue weighted by molar-refractivity contribution is 0.104. The quantitative estimate of drug-likeness (QED) is 0.583. The predicted molar refractivity (Wildman–Crippen MR) is 59.7 cm³/mol. The van der Waals surface area contributed by atoms with Crippen LogP contribution in [0.5, 0.6) is 0 Å². The fourth-order valence-electron chi connectivity index (χ4n) is 2.09. The maximum atomic E-state index is 13.8. The number of carbonyl (C=O) groups is 1. The van der Waals surface area contributed by atoms with Crippen molar-refractivity contribution in [3.8, 4) is 11.1 Å². The van der Waals surface area contributed by atoms with Crippen LogP contribution in [0, 0.1) is 5.82 Å². The molecule has 78 valence electrons. The maximum Gasteiger partial charge on any atom is 0.197 e. The van der Waals surface area contributed by atoms with E-state index in [1.165, 1.54) is 6.07 Å². The van der Waals surface area contributed by atoms with Gasteiger partial charge in [0, 0.05) is 5.56 Å². The van der Waals surface area contributed by atoms with Gasteiger partial charge in [-0.1, -0.05) is 30.3 Å². The van der Waals surface area contributed by atoms with Gasteiger partial charge in [0.25, 0.3) is 0 Å². The molecule has 3 rings (SSSR count). The smallest absolute Gasteiger partial charge is 0.197 e. The molecule has 0 spiro atoms. The van der Waals surface area contributed by atoms with E-state index in [4.69, 9.17) is 5.73 Å². The minimum atomic E-state index is -0.612. The summed E-state index contributed by atoms with van der Waals surface area (Å²) >= 11 is 0. The summed E-state index contributed by atoms with van der Waals surface area (Å²) < 4.78 is 13.8. The van der Waals surface area contributed by atoms with Crippen LogP contribution in [0.3, 0.4) is 0 Å². The van der Waals surface area contributed by atoms with Crippen molar-refractivity contribution < 1.29 is 9.18 Å². The second kappa shape index (κ2) is 2.92. The Morgan fingerprint density at radius 2 is 1.62 bits per heavy atom. The highest BCUT2D eigenvalue weighted by Crippen LogP contribution is 2.38. The third kappa shape index (κ3) is 0.972. The number of rotatable bonds is 0. The highest BCUT2D eigenvalue weighted by molar-refractivity contribution is 6.22. The highest BCUT2D eigenvalue weighted by atomic mass is 19.1. The number of halogens is 1. The summed E-state index contributed by atoms with van der Waals surface area (Å²) in [6.07, 6.45) is 0. The van der Waals surface area contributed by atoms with Gasteiger partial charge in [-0.25, -0.2) is 4.39 Å². The number of fused-ring (bicyclic) bond motifs is 3. The lowest BCUT2D eigenvalue weighted by Crippen LogP contribution is -2.01. The second-order valence-electron chi connectivity index (χ2n) is 3.77. The number of carbonyl (C=O) groups excluding carboxylic acids is 1. The van der Waals surface area contributed by atoms with Gasteiger partial charge in [0.15, 0.2) is 11.6 Å². The van der Waals surface area contributed by atoms with Crippen molar-refractivity contribution in [2.75, 3.05) is 5.73 Å². The van der Waals surface area contributed by atoms with Crippen molar-refractivity contribution in [3.63, 3.8) is 0 Å². The molecule has 0 fully saturated rings. The molecule has 2 aromatic rings. The fraction of sp³-hybridized carbons (Fsp3) is 0. The summed E-state index contributed by atoms with van der Waals surface area (Å²) in [6, 6.07) is 10.3. The Kier molecular flexibility index (Phi) is 1.66. The van der Waals surface area contributed by atoms with Crippen LogP contribution in [-0.4, -0.2) is 5.78 Å². The molecule has 0 radical (unpaired) electrons.